The molecule has 0 unspecified atom stereocenters. The molecule has 0 aromatic heterocycles. The summed E-state index contributed by atoms with van der Waals surface area (Å²) in [5.74, 6) is 0. The summed E-state index contributed by atoms with van der Waals surface area (Å²) in [6.07, 6.45) is 0. The minimum absolute atomic E-state index is 0.177. The van der Waals surface area contributed by atoms with Gasteiger partial charge in [0.05, 0.1) is 6.61 Å². The predicted molar refractivity (Wildman–Crippen MR) is 50.7 cm³/mol. The normalized spacial score (nSPS) is 11.6. The molecule has 0 aliphatic heterocycles. The van der Waals surface area contributed by atoms with Gasteiger partial charge in [-0.15, -0.1) is 0 Å². The van der Waals surface area contributed by atoms with Crippen molar-refractivity contribution in [3.63, 3.8) is 0 Å². The second-order valence-corrected chi connectivity index (χ2v) is 3.80. The molecule has 0 saturated heterocycles. The quantitative estimate of drug-likeness (QED) is 0.715. The van der Waals surface area contributed by atoms with Crippen molar-refractivity contribution in [2.75, 3.05) is 0 Å². The van der Waals surface area contributed by atoms with E-state index < -0.39 is 10.4 Å². The summed E-state index contributed by atoms with van der Waals surface area (Å²) < 4.78 is 33.0. The lowest BCUT2D eigenvalue weighted by Gasteiger charge is -2.01. The Kier molecular flexibility index (Phi) is 3.59. The van der Waals surface area contributed by atoms with E-state index in [2.05, 4.69) is 4.18 Å². The molecular formula is C8H11NO4S. The third kappa shape index (κ3) is 3.84. The van der Waals surface area contributed by atoms with Gasteiger partial charge in [0.15, 0.2) is 0 Å². The Morgan fingerprint density at radius 3 is 2.14 bits per heavy atom. The van der Waals surface area contributed by atoms with E-state index in [1.807, 2.05) is 0 Å². The summed E-state index contributed by atoms with van der Waals surface area (Å²) in [6.45, 7) is 0.253. The fourth-order valence-corrected chi connectivity index (χ4v) is 1.20. The first-order valence-electron chi connectivity index (χ1n) is 3.91. The van der Waals surface area contributed by atoms with Gasteiger partial charge in [-0.3, -0.25) is 4.55 Å². The van der Waals surface area contributed by atoms with E-state index in [1.54, 1.807) is 24.3 Å². The molecule has 0 heterocycles. The second kappa shape index (κ2) is 4.52. The van der Waals surface area contributed by atoms with E-state index in [4.69, 9.17) is 10.3 Å². The van der Waals surface area contributed by atoms with Gasteiger partial charge in [0.25, 0.3) is 0 Å². The summed E-state index contributed by atoms with van der Waals surface area (Å²) in [7, 11) is -4.36. The van der Waals surface area contributed by atoms with Crippen molar-refractivity contribution in [1.82, 2.24) is 0 Å². The van der Waals surface area contributed by atoms with Crippen LogP contribution in [-0.2, 0) is 27.7 Å². The third-order valence-corrected chi connectivity index (χ3v) is 2.05. The maximum Gasteiger partial charge on any atom is 0.397 e. The Morgan fingerprint density at radius 2 is 1.71 bits per heavy atom. The molecule has 14 heavy (non-hydrogen) atoms. The van der Waals surface area contributed by atoms with Gasteiger partial charge in [-0.2, -0.15) is 8.42 Å². The molecule has 0 amide bonds. The molecule has 5 nitrogen and oxygen atoms in total. The molecule has 0 atom stereocenters. The first kappa shape index (κ1) is 11.1. The van der Waals surface area contributed by atoms with Crippen LogP contribution in [-0.4, -0.2) is 13.0 Å². The Labute approximate surface area is 82.5 Å². The lowest BCUT2D eigenvalue weighted by atomic mass is 10.1. The van der Waals surface area contributed by atoms with Crippen molar-refractivity contribution in [2.24, 2.45) is 5.73 Å². The van der Waals surface area contributed by atoms with E-state index in [-0.39, 0.29) is 6.61 Å². The van der Waals surface area contributed by atoms with Crippen molar-refractivity contribution in [2.45, 2.75) is 13.2 Å². The molecule has 0 radical (unpaired) electrons. The molecule has 0 aliphatic carbocycles. The maximum absolute atomic E-state index is 10.2. The summed E-state index contributed by atoms with van der Waals surface area (Å²) in [5.41, 5.74) is 6.97. The highest BCUT2D eigenvalue weighted by Gasteiger charge is 2.04. The van der Waals surface area contributed by atoms with E-state index in [0.717, 1.165) is 5.56 Å². The van der Waals surface area contributed by atoms with Crippen molar-refractivity contribution in [3.8, 4) is 0 Å². The van der Waals surface area contributed by atoms with Crippen LogP contribution in [0.3, 0.4) is 0 Å². The van der Waals surface area contributed by atoms with Crippen LogP contribution in [0.15, 0.2) is 24.3 Å². The Hall–Kier alpha value is -0.950. The standard InChI is InChI=1S/C8H11NO4S/c9-5-7-1-3-8(4-2-7)6-13-14(10,11)12/h1-4H,5-6,9H2,(H,10,11,12). The molecule has 0 saturated carbocycles. The van der Waals surface area contributed by atoms with Crippen LogP contribution in [0.25, 0.3) is 0 Å². The highest BCUT2D eigenvalue weighted by Crippen LogP contribution is 2.06. The topological polar surface area (TPSA) is 89.6 Å². The average Bonchev–Trinajstić information content (AvgIpc) is 2.14. The van der Waals surface area contributed by atoms with Gasteiger partial charge in [0.1, 0.15) is 0 Å². The minimum atomic E-state index is -4.36. The van der Waals surface area contributed by atoms with Crippen molar-refractivity contribution in [3.05, 3.63) is 35.4 Å². The molecule has 0 bridgehead atoms. The van der Waals surface area contributed by atoms with Crippen molar-refractivity contribution in [1.29, 1.82) is 0 Å². The van der Waals surface area contributed by atoms with Crippen LogP contribution in [0.4, 0.5) is 0 Å². The average molecular weight is 217 g/mol. The summed E-state index contributed by atoms with van der Waals surface area (Å²) >= 11 is 0. The molecule has 0 fully saturated rings. The van der Waals surface area contributed by atoms with Crippen LogP contribution in [0.5, 0.6) is 0 Å². The summed E-state index contributed by atoms with van der Waals surface area (Å²) in [5, 5.41) is 0. The molecule has 1 aromatic rings. The van der Waals surface area contributed by atoms with Crippen LogP contribution in [0, 0.1) is 0 Å². The molecule has 1 aromatic carbocycles. The summed E-state index contributed by atoms with van der Waals surface area (Å²) in [4.78, 5) is 0. The molecular weight excluding hydrogens is 206 g/mol. The fourth-order valence-electron chi connectivity index (χ4n) is 0.914. The van der Waals surface area contributed by atoms with Gasteiger partial charge >= 0.3 is 10.4 Å². The van der Waals surface area contributed by atoms with Crippen LogP contribution in [0.2, 0.25) is 0 Å². The van der Waals surface area contributed by atoms with Gasteiger partial charge < -0.3 is 5.73 Å². The zero-order valence-electron chi connectivity index (χ0n) is 7.38. The first-order valence-corrected chi connectivity index (χ1v) is 5.27. The van der Waals surface area contributed by atoms with Crippen LogP contribution >= 0.6 is 0 Å². The van der Waals surface area contributed by atoms with Gasteiger partial charge in [-0.05, 0) is 11.1 Å². The SMILES string of the molecule is NCc1ccc(COS(=O)(=O)O)cc1. The Morgan fingerprint density at radius 1 is 1.21 bits per heavy atom. The largest absolute Gasteiger partial charge is 0.397 e. The van der Waals surface area contributed by atoms with E-state index in [1.165, 1.54) is 0 Å². The monoisotopic (exact) mass is 217 g/mol. The molecule has 1 rings (SSSR count). The smallest absolute Gasteiger partial charge is 0.326 e. The Balaban J connectivity index is 2.61. The summed E-state index contributed by atoms with van der Waals surface area (Å²) in [6, 6.07) is 6.91. The van der Waals surface area contributed by atoms with Crippen LogP contribution in [0.1, 0.15) is 11.1 Å². The number of hydrogen-bond acceptors (Lipinski definition) is 4. The van der Waals surface area contributed by atoms with Gasteiger partial charge in [0.2, 0.25) is 0 Å². The second-order valence-electron chi connectivity index (χ2n) is 2.71. The maximum atomic E-state index is 10.2. The first-order chi connectivity index (χ1) is 6.51. The van der Waals surface area contributed by atoms with E-state index in [0.29, 0.717) is 12.1 Å². The minimum Gasteiger partial charge on any atom is -0.326 e. The number of rotatable bonds is 4. The van der Waals surface area contributed by atoms with Crippen LogP contribution < -0.4 is 5.73 Å². The lowest BCUT2D eigenvalue weighted by Crippen LogP contribution is -2.03. The van der Waals surface area contributed by atoms with Gasteiger partial charge in [-0.1, -0.05) is 24.3 Å². The van der Waals surface area contributed by atoms with E-state index >= 15 is 0 Å². The number of nitrogens with two attached hydrogens (primary N) is 1. The van der Waals surface area contributed by atoms with E-state index in [9.17, 15) is 8.42 Å². The third-order valence-electron chi connectivity index (χ3n) is 1.63. The number of benzene rings is 1. The lowest BCUT2D eigenvalue weighted by molar-refractivity contribution is 0.259. The van der Waals surface area contributed by atoms with Gasteiger partial charge in [-0.25, -0.2) is 4.18 Å². The van der Waals surface area contributed by atoms with Gasteiger partial charge in [0, 0.05) is 6.54 Å². The highest BCUT2D eigenvalue weighted by atomic mass is 32.3. The predicted octanol–water partition coefficient (Wildman–Crippen LogP) is 0.465. The molecule has 6 heteroatoms. The molecule has 78 valence electrons. The van der Waals surface area contributed by atoms with Crippen molar-refractivity contribution < 1.29 is 17.2 Å². The zero-order chi connectivity index (χ0) is 10.6. The van der Waals surface area contributed by atoms with Crippen molar-refractivity contribution >= 4 is 10.4 Å². The molecule has 0 aliphatic rings. The zero-order valence-corrected chi connectivity index (χ0v) is 8.20. The number of hydrogen-bond donors (Lipinski definition) is 2. The highest BCUT2D eigenvalue weighted by molar-refractivity contribution is 7.80. The Bertz CT molecular complexity index is 384. The fraction of sp³-hybridized carbons (Fsp3) is 0.250. The molecule has 0 spiro atoms. The molecule has 3 N–H and O–H groups in total.